The molecule has 0 unspecified atom stereocenters. The summed E-state index contributed by atoms with van der Waals surface area (Å²) in [6.07, 6.45) is 5.39. The fourth-order valence-electron chi connectivity index (χ4n) is 3.44. The molecule has 2 amide bonds. The molecule has 0 atom stereocenters. The molecule has 1 aromatic heterocycles. The number of halogens is 1. The average molecular weight is 499 g/mol. The van der Waals surface area contributed by atoms with Gasteiger partial charge in [-0.1, -0.05) is 36.3 Å². The van der Waals surface area contributed by atoms with Gasteiger partial charge in [0, 0.05) is 29.9 Å². The number of aromatic carboxylic acids is 1. The largest absolute Gasteiger partial charge is 0.478 e. The molecule has 0 bridgehead atoms. The van der Waals surface area contributed by atoms with E-state index in [2.05, 4.69) is 16.3 Å². The summed E-state index contributed by atoms with van der Waals surface area (Å²) >= 11 is 0. The molecule has 186 valence electrons. The number of carboxylic acid groups (broad SMARTS) is 1. The molecule has 0 saturated carbocycles. The first kappa shape index (κ1) is 26.4. The van der Waals surface area contributed by atoms with Crippen molar-refractivity contribution >= 4 is 23.5 Å². The van der Waals surface area contributed by atoms with Crippen molar-refractivity contribution in [3.63, 3.8) is 0 Å². The molecular formula is C28H23FN4O4. The monoisotopic (exact) mass is 498 g/mol. The van der Waals surface area contributed by atoms with Crippen molar-refractivity contribution in [3.8, 4) is 23.5 Å². The van der Waals surface area contributed by atoms with Crippen LogP contribution in [-0.4, -0.2) is 32.7 Å². The Hall–Kier alpha value is -5.23. The number of primary amides is 1. The normalized spacial score (nSPS) is 10.0. The number of hydrogen-bond donors (Lipinski definition) is 3. The molecule has 4 rings (SSSR count). The third-order valence-electron chi connectivity index (χ3n) is 5.26. The molecule has 0 aliphatic heterocycles. The van der Waals surface area contributed by atoms with Crippen LogP contribution in [-0.2, 0) is 7.05 Å². The Kier molecular flexibility index (Phi) is 8.17. The number of carbonyl (C=O) groups is 3. The maximum Gasteiger partial charge on any atom is 0.335 e. The lowest BCUT2D eigenvalue weighted by atomic mass is 10.0. The predicted molar refractivity (Wildman–Crippen MR) is 138 cm³/mol. The highest BCUT2D eigenvalue weighted by atomic mass is 19.1. The Bertz CT molecular complexity index is 1500. The van der Waals surface area contributed by atoms with Crippen LogP contribution in [0.15, 0.2) is 72.8 Å². The molecule has 37 heavy (non-hydrogen) atoms. The number of nitrogens with two attached hydrogens (primary N) is 1. The van der Waals surface area contributed by atoms with E-state index >= 15 is 0 Å². The van der Waals surface area contributed by atoms with Crippen molar-refractivity contribution in [1.82, 2.24) is 9.78 Å². The van der Waals surface area contributed by atoms with Crippen LogP contribution in [0.25, 0.3) is 11.1 Å². The minimum atomic E-state index is -1.22. The van der Waals surface area contributed by atoms with Crippen molar-refractivity contribution in [2.24, 2.45) is 12.8 Å². The van der Waals surface area contributed by atoms with E-state index in [0.29, 0.717) is 11.4 Å². The van der Waals surface area contributed by atoms with Gasteiger partial charge in [-0.2, -0.15) is 9.49 Å². The summed E-state index contributed by atoms with van der Waals surface area (Å²) in [4.78, 5) is 35.7. The van der Waals surface area contributed by atoms with E-state index in [1.54, 1.807) is 38.2 Å². The molecule has 0 spiro atoms. The zero-order chi connectivity index (χ0) is 27.1. The first-order valence-corrected chi connectivity index (χ1v) is 10.9. The van der Waals surface area contributed by atoms with Gasteiger partial charge in [-0.25, -0.2) is 9.48 Å². The van der Waals surface area contributed by atoms with Crippen molar-refractivity contribution in [3.05, 3.63) is 107 Å². The molecule has 3 aromatic carbocycles. The van der Waals surface area contributed by atoms with E-state index in [1.165, 1.54) is 22.9 Å². The number of amides is 2. The van der Waals surface area contributed by atoms with Crippen LogP contribution < -0.4 is 11.1 Å². The second-order valence-corrected chi connectivity index (χ2v) is 7.88. The maximum atomic E-state index is 12.8. The number of benzene rings is 3. The topological polar surface area (TPSA) is 127 Å². The van der Waals surface area contributed by atoms with Gasteiger partial charge in [0.15, 0.2) is 0 Å². The third-order valence-corrected chi connectivity index (χ3v) is 5.26. The highest BCUT2D eigenvalue weighted by Crippen LogP contribution is 2.28. The molecule has 4 aromatic rings. The summed E-state index contributed by atoms with van der Waals surface area (Å²) in [6, 6.07) is 19.4. The zero-order valence-electron chi connectivity index (χ0n) is 20.0. The maximum absolute atomic E-state index is 12.8. The molecule has 4 N–H and O–H groups in total. The lowest BCUT2D eigenvalue weighted by Gasteiger charge is -2.13. The van der Waals surface area contributed by atoms with Gasteiger partial charge in [-0.05, 0) is 48.9 Å². The van der Waals surface area contributed by atoms with E-state index in [1.807, 2.05) is 24.3 Å². The number of anilines is 1. The fourth-order valence-corrected chi connectivity index (χ4v) is 3.44. The minimum Gasteiger partial charge on any atom is -0.478 e. The molecule has 0 radical (unpaired) electrons. The third kappa shape index (κ3) is 6.46. The standard InChI is InChI=1S/C23H16N2O4.C5H7FN2/c1-2-14-7-9-15(10-8-14)17-5-3-4-6-20(17)25-22(27)18-12-11-16(23(28)29)13-19(18)21(24)26;1-4-3-5(6)8(2)7-4/h1,3-13H,(H2,24,26)(H,25,27)(H,28,29);3H,1-2H3. The van der Waals surface area contributed by atoms with E-state index in [9.17, 15) is 18.8 Å². The van der Waals surface area contributed by atoms with Gasteiger partial charge >= 0.3 is 5.97 Å². The number of carboxylic acids is 1. The van der Waals surface area contributed by atoms with Gasteiger partial charge in [0.2, 0.25) is 11.9 Å². The van der Waals surface area contributed by atoms with E-state index in [4.69, 9.17) is 17.3 Å². The molecular weight excluding hydrogens is 475 g/mol. The first-order valence-electron chi connectivity index (χ1n) is 10.9. The zero-order valence-corrected chi connectivity index (χ0v) is 20.0. The van der Waals surface area contributed by atoms with Crippen LogP contribution >= 0.6 is 0 Å². The summed E-state index contributed by atoms with van der Waals surface area (Å²) in [7, 11) is 1.57. The average Bonchev–Trinajstić information content (AvgIpc) is 3.18. The molecule has 0 aliphatic carbocycles. The number of rotatable bonds is 5. The highest BCUT2D eigenvalue weighted by molar-refractivity contribution is 6.13. The molecule has 8 nitrogen and oxygen atoms in total. The van der Waals surface area contributed by atoms with Gasteiger partial charge in [0.05, 0.1) is 22.4 Å². The van der Waals surface area contributed by atoms with Crippen LogP contribution in [0.4, 0.5) is 10.1 Å². The van der Waals surface area contributed by atoms with Crippen molar-refractivity contribution in [1.29, 1.82) is 0 Å². The SMILES string of the molecule is C#Cc1ccc(-c2ccccc2NC(=O)c2ccc(C(=O)O)cc2C(N)=O)cc1.Cc1cc(F)n(C)n1. The number of nitrogens with zero attached hydrogens (tertiary/aromatic N) is 2. The summed E-state index contributed by atoms with van der Waals surface area (Å²) in [5.74, 6) is -0.436. The Labute approximate surface area is 212 Å². The summed E-state index contributed by atoms with van der Waals surface area (Å²) in [6.45, 7) is 1.75. The molecule has 0 saturated heterocycles. The summed E-state index contributed by atoms with van der Waals surface area (Å²) in [5, 5.41) is 15.6. The van der Waals surface area contributed by atoms with Crippen LogP contribution in [0.5, 0.6) is 0 Å². The van der Waals surface area contributed by atoms with E-state index in [0.717, 1.165) is 22.8 Å². The molecule has 1 heterocycles. The Morgan fingerprint density at radius 2 is 1.70 bits per heavy atom. The van der Waals surface area contributed by atoms with Crippen molar-refractivity contribution in [2.75, 3.05) is 5.32 Å². The van der Waals surface area contributed by atoms with Crippen LogP contribution in [0.1, 0.15) is 42.3 Å². The Morgan fingerprint density at radius 3 is 2.22 bits per heavy atom. The van der Waals surface area contributed by atoms with Gasteiger partial charge in [0.25, 0.3) is 5.91 Å². The number of hydrogen-bond acceptors (Lipinski definition) is 4. The quantitative estimate of drug-likeness (QED) is 0.355. The van der Waals surface area contributed by atoms with Gasteiger partial charge < -0.3 is 16.2 Å². The number of terminal acetylenes is 1. The lowest BCUT2D eigenvalue weighted by molar-refractivity contribution is 0.0696. The number of carbonyl (C=O) groups excluding carboxylic acids is 2. The molecule has 0 fully saturated rings. The van der Waals surface area contributed by atoms with Crippen LogP contribution in [0, 0.1) is 25.2 Å². The van der Waals surface area contributed by atoms with Crippen LogP contribution in [0.2, 0.25) is 0 Å². The van der Waals surface area contributed by atoms with Gasteiger partial charge in [-0.15, -0.1) is 6.42 Å². The molecule has 0 aliphatic rings. The van der Waals surface area contributed by atoms with E-state index < -0.39 is 17.8 Å². The highest BCUT2D eigenvalue weighted by Gasteiger charge is 2.19. The summed E-state index contributed by atoms with van der Waals surface area (Å²) in [5.41, 5.74) is 8.58. The van der Waals surface area contributed by atoms with Crippen molar-refractivity contribution < 1.29 is 23.9 Å². The fraction of sp³-hybridized carbons (Fsp3) is 0.0714. The predicted octanol–water partition coefficient (Wildman–Crippen LogP) is 4.25. The van der Waals surface area contributed by atoms with Crippen molar-refractivity contribution in [2.45, 2.75) is 6.92 Å². The smallest absolute Gasteiger partial charge is 0.335 e. The summed E-state index contributed by atoms with van der Waals surface area (Å²) < 4.78 is 13.4. The number of aryl methyl sites for hydroxylation is 2. The van der Waals surface area contributed by atoms with E-state index in [-0.39, 0.29) is 22.6 Å². The Balaban J connectivity index is 0.000000405. The second kappa shape index (κ2) is 11.5. The first-order chi connectivity index (χ1) is 17.6. The second-order valence-electron chi connectivity index (χ2n) is 7.88. The number of aromatic nitrogens is 2. The van der Waals surface area contributed by atoms with Gasteiger partial charge in [-0.3, -0.25) is 9.59 Å². The number of nitrogens with one attached hydrogen (secondary N) is 1. The lowest BCUT2D eigenvalue weighted by Crippen LogP contribution is -2.21. The molecule has 9 heteroatoms. The van der Waals surface area contributed by atoms with Gasteiger partial charge in [0.1, 0.15) is 0 Å². The Morgan fingerprint density at radius 1 is 1.03 bits per heavy atom. The number of para-hydroxylation sites is 1. The van der Waals surface area contributed by atoms with Crippen LogP contribution in [0.3, 0.4) is 0 Å². The minimum absolute atomic E-state index is 0.0139.